The van der Waals surface area contributed by atoms with E-state index in [0.717, 1.165) is 82.2 Å². The molecule has 0 atom stereocenters. The molecule has 2 fully saturated rings. The molecule has 1 aromatic heterocycles. The van der Waals surface area contributed by atoms with Crippen LogP contribution in [0.1, 0.15) is 63.5 Å². The highest BCUT2D eigenvalue weighted by atomic mass is 16.5. The van der Waals surface area contributed by atoms with Crippen LogP contribution < -0.4 is 5.32 Å². The molecule has 1 N–H and O–H groups in total. The number of guanidine groups is 1. The third kappa shape index (κ3) is 6.94. The van der Waals surface area contributed by atoms with E-state index in [0.29, 0.717) is 12.6 Å². The summed E-state index contributed by atoms with van der Waals surface area (Å²) in [4.78, 5) is 7.23. The molecular formula is C22H40N6O2. The molecule has 170 valence electrons. The van der Waals surface area contributed by atoms with E-state index in [9.17, 15) is 0 Å². The molecule has 1 aliphatic carbocycles. The first-order valence-corrected chi connectivity index (χ1v) is 11.7. The van der Waals surface area contributed by atoms with Gasteiger partial charge in [-0.15, -0.1) is 10.2 Å². The summed E-state index contributed by atoms with van der Waals surface area (Å²) in [5.41, 5.74) is 0. The smallest absolute Gasteiger partial charge is 0.194 e. The van der Waals surface area contributed by atoms with Gasteiger partial charge in [0.15, 0.2) is 11.8 Å². The molecule has 2 aliphatic rings. The van der Waals surface area contributed by atoms with Crippen molar-refractivity contribution in [3.63, 3.8) is 0 Å². The standard InChI is InChI=1S/C22H40N6O2/c1-4-29-15-7-12-23-22(24-16-21-26-25-18(2)27(21)3)28-13-10-20(11-14-28)30-17-19-8-5-6-9-19/h19-20H,4-17H2,1-3H3,(H,23,24). The zero-order valence-corrected chi connectivity index (χ0v) is 19.1. The number of nitrogens with zero attached hydrogens (tertiary/aromatic N) is 5. The Morgan fingerprint density at radius 3 is 2.60 bits per heavy atom. The molecule has 0 amide bonds. The second-order valence-electron chi connectivity index (χ2n) is 8.51. The number of nitrogens with one attached hydrogen (secondary N) is 1. The highest BCUT2D eigenvalue weighted by Gasteiger charge is 2.24. The average molecular weight is 421 g/mol. The first kappa shape index (κ1) is 23.0. The van der Waals surface area contributed by atoms with Crippen molar-refractivity contribution in [1.82, 2.24) is 25.0 Å². The Morgan fingerprint density at radius 2 is 1.93 bits per heavy atom. The second kappa shape index (κ2) is 12.2. The SMILES string of the molecule is CCOCCCNC(=NCc1nnc(C)n1C)N1CCC(OCC2CCCC2)CC1. The van der Waals surface area contributed by atoms with Gasteiger partial charge < -0.3 is 24.3 Å². The first-order valence-electron chi connectivity index (χ1n) is 11.7. The van der Waals surface area contributed by atoms with Crippen LogP contribution in [0.25, 0.3) is 0 Å². The molecule has 1 aromatic rings. The lowest BCUT2D eigenvalue weighted by atomic mass is 10.1. The van der Waals surface area contributed by atoms with Gasteiger partial charge in [0, 0.05) is 46.5 Å². The number of ether oxygens (including phenoxy) is 2. The molecular weight excluding hydrogens is 380 g/mol. The average Bonchev–Trinajstić information content (AvgIpc) is 3.40. The maximum absolute atomic E-state index is 6.24. The molecule has 0 bridgehead atoms. The van der Waals surface area contributed by atoms with Gasteiger partial charge in [-0.2, -0.15) is 0 Å². The number of likely N-dealkylation sites (tertiary alicyclic amines) is 1. The van der Waals surface area contributed by atoms with Gasteiger partial charge in [0.25, 0.3) is 0 Å². The number of aliphatic imine (C=N–C) groups is 1. The van der Waals surface area contributed by atoms with Crippen molar-refractivity contribution in [2.45, 2.75) is 71.4 Å². The zero-order chi connectivity index (χ0) is 21.2. The third-order valence-electron chi connectivity index (χ3n) is 6.29. The summed E-state index contributed by atoms with van der Waals surface area (Å²) >= 11 is 0. The van der Waals surface area contributed by atoms with Gasteiger partial charge in [-0.1, -0.05) is 12.8 Å². The van der Waals surface area contributed by atoms with Gasteiger partial charge in [-0.3, -0.25) is 0 Å². The van der Waals surface area contributed by atoms with E-state index in [-0.39, 0.29) is 0 Å². The van der Waals surface area contributed by atoms with Gasteiger partial charge >= 0.3 is 0 Å². The van der Waals surface area contributed by atoms with Crippen molar-refractivity contribution in [2.24, 2.45) is 18.0 Å². The van der Waals surface area contributed by atoms with Crippen molar-refractivity contribution < 1.29 is 9.47 Å². The van der Waals surface area contributed by atoms with Crippen LogP contribution in [0.5, 0.6) is 0 Å². The highest BCUT2D eigenvalue weighted by Crippen LogP contribution is 2.26. The van der Waals surface area contributed by atoms with E-state index in [4.69, 9.17) is 14.5 Å². The van der Waals surface area contributed by atoms with Crippen LogP contribution in [0.4, 0.5) is 0 Å². The largest absolute Gasteiger partial charge is 0.382 e. The molecule has 0 spiro atoms. The van der Waals surface area contributed by atoms with E-state index < -0.39 is 0 Å². The van der Waals surface area contributed by atoms with Gasteiger partial charge in [0.2, 0.25) is 0 Å². The maximum atomic E-state index is 6.24. The fourth-order valence-corrected chi connectivity index (χ4v) is 4.20. The molecule has 8 nitrogen and oxygen atoms in total. The summed E-state index contributed by atoms with van der Waals surface area (Å²) in [7, 11) is 1.99. The number of rotatable bonds is 10. The molecule has 0 unspecified atom stereocenters. The molecule has 1 aliphatic heterocycles. The van der Waals surface area contributed by atoms with Crippen LogP contribution >= 0.6 is 0 Å². The maximum Gasteiger partial charge on any atom is 0.194 e. The quantitative estimate of drug-likeness (QED) is 0.356. The number of aryl methyl sites for hydroxylation is 1. The zero-order valence-electron chi connectivity index (χ0n) is 19.1. The van der Waals surface area contributed by atoms with Crippen LogP contribution in [0.3, 0.4) is 0 Å². The van der Waals surface area contributed by atoms with Gasteiger partial charge in [0.1, 0.15) is 12.4 Å². The van der Waals surface area contributed by atoms with Crippen LogP contribution in [-0.4, -0.2) is 71.2 Å². The Kier molecular flexibility index (Phi) is 9.39. The summed E-state index contributed by atoms with van der Waals surface area (Å²) in [6.07, 6.45) is 8.95. The van der Waals surface area contributed by atoms with Crippen LogP contribution in [-0.2, 0) is 23.1 Å². The Morgan fingerprint density at radius 1 is 1.17 bits per heavy atom. The number of hydrogen-bond donors (Lipinski definition) is 1. The third-order valence-corrected chi connectivity index (χ3v) is 6.29. The van der Waals surface area contributed by atoms with Crippen molar-refractivity contribution in [3.8, 4) is 0 Å². The highest BCUT2D eigenvalue weighted by molar-refractivity contribution is 5.80. The summed E-state index contributed by atoms with van der Waals surface area (Å²) in [6, 6.07) is 0. The Hall–Kier alpha value is -1.67. The molecule has 0 aromatic carbocycles. The summed E-state index contributed by atoms with van der Waals surface area (Å²) in [6.45, 7) is 9.82. The lowest BCUT2D eigenvalue weighted by Crippen LogP contribution is -2.47. The Balaban J connectivity index is 1.50. The number of piperidine rings is 1. The van der Waals surface area contributed by atoms with Gasteiger partial charge in [-0.05, 0) is 51.9 Å². The fourth-order valence-electron chi connectivity index (χ4n) is 4.20. The van der Waals surface area contributed by atoms with E-state index in [1.807, 2.05) is 25.5 Å². The summed E-state index contributed by atoms with van der Waals surface area (Å²) in [5.74, 6) is 3.55. The van der Waals surface area contributed by atoms with Crippen molar-refractivity contribution in [2.75, 3.05) is 39.5 Å². The lowest BCUT2D eigenvalue weighted by Gasteiger charge is -2.34. The Labute approximate surface area is 181 Å². The van der Waals surface area contributed by atoms with Crippen LogP contribution in [0, 0.1) is 12.8 Å². The molecule has 1 saturated carbocycles. The van der Waals surface area contributed by atoms with E-state index in [1.54, 1.807) is 0 Å². The van der Waals surface area contributed by atoms with Gasteiger partial charge in [-0.25, -0.2) is 4.99 Å². The van der Waals surface area contributed by atoms with E-state index in [2.05, 4.69) is 20.4 Å². The minimum absolute atomic E-state index is 0.391. The van der Waals surface area contributed by atoms with E-state index in [1.165, 1.54) is 25.7 Å². The minimum atomic E-state index is 0.391. The Bertz CT molecular complexity index is 648. The van der Waals surface area contributed by atoms with Crippen molar-refractivity contribution in [3.05, 3.63) is 11.6 Å². The second-order valence-corrected chi connectivity index (χ2v) is 8.51. The normalized spacial score (nSPS) is 19.0. The summed E-state index contributed by atoms with van der Waals surface area (Å²) in [5, 5.41) is 11.9. The lowest BCUT2D eigenvalue weighted by molar-refractivity contribution is 0.000984. The molecule has 8 heteroatoms. The number of aromatic nitrogens is 3. The first-order chi connectivity index (χ1) is 14.7. The molecule has 30 heavy (non-hydrogen) atoms. The predicted octanol–water partition coefficient (Wildman–Crippen LogP) is 2.67. The predicted molar refractivity (Wildman–Crippen MR) is 118 cm³/mol. The van der Waals surface area contributed by atoms with Crippen LogP contribution in [0.15, 0.2) is 4.99 Å². The number of hydrogen-bond acceptors (Lipinski definition) is 5. The monoisotopic (exact) mass is 420 g/mol. The molecule has 0 radical (unpaired) electrons. The molecule has 1 saturated heterocycles. The van der Waals surface area contributed by atoms with Gasteiger partial charge in [0.05, 0.1) is 6.10 Å². The van der Waals surface area contributed by atoms with Crippen molar-refractivity contribution in [1.29, 1.82) is 0 Å². The molecule has 2 heterocycles. The topological polar surface area (TPSA) is 76.8 Å². The molecule has 3 rings (SSSR count). The summed E-state index contributed by atoms with van der Waals surface area (Å²) < 4.78 is 13.7. The fraction of sp³-hybridized carbons (Fsp3) is 0.864. The van der Waals surface area contributed by atoms with Crippen molar-refractivity contribution >= 4 is 5.96 Å². The van der Waals surface area contributed by atoms with E-state index >= 15 is 0 Å². The van der Waals surface area contributed by atoms with Crippen LogP contribution in [0.2, 0.25) is 0 Å². The minimum Gasteiger partial charge on any atom is -0.382 e.